The Hall–Kier alpha value is -0.805. The molecular formula is C13H21BN2O2. The first-order valence-electron chi connectivity index (χ1n) is 6.53. The summed E-state index contributed by atoms with van der Waals surface area (Å²) < 4.78 is 5.07. The number of fused-ring (bicyclic) bond motifs is 1. The molecule has 1 heterocycles. The van der Waals surface area contributed by atoms with Crippen molar-refractivity contribution >= 4 is 14.0 Å². The fourth-order valence-electron chi connectivity index (χ4n) is 3.18. The van der Waals surface area contributed by atoms with Crippen LogP contribution >= 0.6 is 0 Å². The van der Waals surface area contributed by atoms with Crippen molar-refractivity contribution in [3.63, 3.8) is 0 Å². The lowest BCUT2D eigenvalue weighted by molar-refractivity contribution is -0.147. The Morgan fingerprint density at radius 3 is 3.00 bits per heavy atom. The molecular weight excluding hydrogens is 227 g/mol. The van der Waals surface area contributed by atoms with Gasteiger partial charge in [0, 0.05) is 24.5 Å². The van der Waals surface area contributed by atoms with Crippen molar-refractivity contribution < 1.29 is 9.53 Å². The number of esters is 1. The molecule has 4 nitrogen and oxygen atoms in total. The quantitative estimate of drug-likeness (QED) is 0.391. The lowest BCUT2D eigenvalue weighted by Gasteiger charge is -2.22. The maximum Gasteiger partial charge on any atom is 0.322 e. The highest BCUT2D eigenvalue weighted by Gasteiger charge is 2.64. The van der Waals surface area contributed by atoms with Gasteiger partial charge < -0.3 is 14.4 Å². The Labute approximate surface area is 110 Å². The Bertz CT molecular complexity index is 350. The van der Waals surface area contributed by atoms with Crippen LogP contribution in [0.25, 0.3) is 0 Å². The van der Waals surface area contributed by atoms with E-state index >= 15 is 0 Å². The largest absolute Gasteiger partial charge is 0.465 e. The molecule has 0 amide bonds. The lowest BCUT2D eigenvalue weighted by atomic mass is 9.98. The van der Waals surface area contributed by atoms with E-state index in [1.165, 1.54) is 0 Å². The van der Waals surface area contributed by atoms with Gasteiger partial charge in [-0.1, -0.05) is 6.08 Å². The van der Waals surface area contributed by atoms with Gasteiger partial charge in [-0.15, -0.1) is 6.58 Å². The number of rotatable bonds is 6. The van der Waals surface area contributed by atoms with Gasteiger partial charge in [0.25, 0.3) is 0 Å². The molecule has 1 saturated carbocycles. The lowest BCUT2D eigenvalue weighted by Crippen LogP contribution is -2.38. The van der Waals surface area contributed by atoms with E-state index in [4.69, 9.17) is 12.7 Å². The van der Waals surface area contributed by atoms with Gasteiger partial charge in [0.15, 0.2) is 7.98 Å². The summed E-state index contributed by atoms with van der Waals surface area (Å²) in [4.78, 5) is 15.7. The van der Waals surface area contributed by atoms with E-state index in [1.54, 1.807) is 4.81 Å². The highest BCUT2D eigenvalue weighted by atomic mass is 16.5. The molecule has 18 heavy (non-hydrogen) atoms. The molecule has 0 aromatic rings. The second-order valence-electron chi connectivity index (χ2n) is 5.49. The first-order valence-corrected chi connectivity index (χ1v) is 6.53. The minimum Gasteiger partial charge on any atom is -0.465 e. The van der Waals surface area contributed by atoms with Crippen LogP contribution in [0.4, 0.5) is 0 Å². The predicted molar refractivity (Wildman–Crippen MR) is 71.2 cm³/mol. The van der Waals surface area contributed by atoms with Crippen LogP contribution < -0.4 is 0 Å². The third-order valence-corrected chi connectivity index (χ3v) is 4.05. The van der Waals surface area contributed by atoms with E-state index in [9.17, 15) is 4.79 Å². The number of nitrogens with zero attached hydrogens (tertiary/aromatic N) is 2. The highest BCUT2D eigenvalue weighted by molar-refractivity contribution is 6.07. The fraction of sp³-hybridized carbons (Fsp3) is 0.769. The average Bonchev–Trinajstić information content (AvgIpc) is 2.93. The maximum atomic E-state index is 11.8. The van der Waals surface area contributed by atoms with Crippen molar-refractivity contribution in [1.29, 1.82) is 0 Å². The molecule has 0 spiro atoms. The average molecular weight is 248 g/mol. The summed E-state index contributed by atoms with van der Waals surface area (Å²) in [6.45, 7) is 7.81. The number of carbonyl (C=O) groups excluding carboxylic acids is 1. The zero-order chi connectivity index (χ0) is 13.3. The molecule has 1 aliphatic heterocycles. The van der Waals surface area contributed by atoms with Crippen LogP contribution in [0, 0.1) is 5.41 Å². The second kappa shape index (κ2) is 5.06. The second-order valence-corrected chi connectivity index (χ2v) is 5.49. The van der Waals surface area contributed by atoms with Crippen LogP contribution in [0.3, 0.4) is 0 Å². The molecule has 5 heteroatoms. The molecule has 0 aromatic heterocycles. The normalized spacial score (nSPS) is 34.4. The first-order chi connectivity index (χ1) is 8.54. The third kappa shape index (κ3) is 2.34. The zero-order valence-electron chi connectivity index (χ0n) is 11.3. The molecule has 0 aromatic carbocycles. The fourth-order valence-corrected chi connectivity index (χ4v) is 3.18. The molecule has 0 unspecified atom stereocenters. The molecule has 0 N–H and O–H groups in total. The Morgan fingerprint density at radius 1 is 1.67 bits per heavy atom. The van der Waals surface area contributed by atoms with Crippen molar-refractivity contribution in [2.24, 2.45) is 5.41 Å². The zero-order valence-corrected chi connectivity index (χ0v) is 11.3. The molecule has 2 aliphatic rings. The maximum absolute atomic E-state index is 11.8. The summed E-state index contributed by atoms with van der Waals surface area (Å²) in [6.07, 6.45) is 3.79. The molecule has 98 valence electrons. The van der Waals surface area contributed by atoms with Gasteiger partial charge >= 0.3 is 5.97 Å². The van der Waals surface area contributed by atoms with Crippen molar-refractivity contribution in [1.82, 2.24) is 9.71 Å². The first kappa shape index (κ1) is 13.6. The van der Waals surface area contributed by atoms with E-state index in [2.05, 4.69) is 18.5 Å². The van der Waals surface area contributed by atoms with Crippen LogP contribution in [0.5, 0.6) is 0 Å². The van der Waals surface area contributed by atoms with Gasteiger partial charge in [-0.25, -0.2) is 0 Å². The van der Waals surface area contributed by atoms with Crippen LogP contribution in [-0.2, 0) is 9.53 Å². The highest BCUT2D eigenvalue weighted by Crippen LogP contribution is 2.59. The molecule has 2 fully saturated rings. The summed E-state index contributed by atoms with van der Waals surface area (Å²) >= 11 is 0. The number of hydrogen-bond donors (Lipinski definition) is 0. The van der Waals surface area contributed by atoms with Gasteiger partial charge in [-0.2, -0.15) is 0 Å². The van der Waals surface area contributed by atoms with Crippen molar-refractivity contribution in [3.05, 3.63) is 12.7 Å². The number of carbonyl (C=O) groups is 1. The summed E-state index contributed by atoms with van der Waals surface area (Å²) in [5.41, 5.74) is 0.184. The van der Waals surface area contributed by atoms with E-state index in [-0.39, 0.29) is 17.4 Å². The summed E-state index contributed by atoms with van der Waals surface area (Å²) in [5, 5.41) is 0. The minimum atomic E-state index is -0.263. The van der Waals surface area contributed by atoms with E-state index in [0.29, 0.717) is 12.6 Å². The number of piperidine rings is 1. The Morgan fingerprint density at radius 2 is 2.39 bits per heavy atom. The van der Waals surface area contributed by atoms with Gasteiger partial charge in [0.2, 0.25) is 0 Å². The molecule has 2 rings (SSSR count). The summed E-state index contributed by atoms with van der Waals surface area (Å²) in [6, 6.07) is 0.0694. The monoisotopic (exact) mass is 248 g/mol. The van der Waals surface area contributed by atoms with Crippen molar-refractivity contribution in [3.8, 4) is 0 Å². The number of ether oxygens (including phenoxy) is 1. The van der Waals surface area contributed by atoms with E-state index in [1.807, 2.05) is 13.0 Å². The number of likely N-dealkylation sites (N-methyl/N-ethyl adjacent to an activating group) is 1. The van der Waals surface area contributed by atoms with Gasteiger partial charge in [0.1, 0.15) is 0 Å². The van der Waals surface area contributed by atoms with E-state index in [0.717, 1.165) is 25.9 Å². The number of hydrogen-bond acceptors (Lipinski definition) is 4. The standard InChI is InChI=1S/C13H21BN2O2/c1-4-6-15(3)9-13-7-10(12(17)18-5-2)16(14)11(13)8-13/h4,10-11H,1,5-9H2,2-3H3/t10-,11+,13-/m0/s1. The molecule has 2 radical (unpaired) electrons. The smallest absolute Gasteiger partial charge is 0.322 e. The van der Waals surface area contributed by atoms with E-state index < -0.39 is 0 Å². The van der Waals surface area contributed by atoms with Crippen LogP contribution in [-0.4, -0.2) is 62.5 Å². The van der Waals surface area contributed by atoms with Crippen LogP contribution in [0.1, 0.15) is 19.8 Å². The third-order valence-electron chi connectivity index (χ3n) is 4.05. The van der Waals surface area contributed by atoms with Gasteiger partial charge in [0.05, 0.1) is 12.6 Å². The van der Waals surface area contributed by atoms with Gasteiger partial charge in [-0.05, 0) is 26.8 Å². The van der Waals surface area contributed by atoms with Crippen molar-refractivity contribution in [2.75, 3.05) is 26.7 Å². The summed E-state index contributed by atoms with van der Waals surface area (Å²) in [5.74, 6) is -0.182. The Kier molecular flexibility index (Phi) is 3.83. The Balaban J connectivity index is 1.95. The van der Waals surface area contributed by atoms with Crippen LogP contribution in [0.2, 0.25) is 0 Å². The molecule has 1 aliphatic carbocycles. The molecule has 0 bridgehead atoms. The predicted octanol–water partition coefficient (Wildman–Crippen LogP) is 0.584. The van der Waals surface area contributed by atoms with Gasteiger partial charge in [-0.3, -0.25) is 4.79 Å². The van der Waals surface area contributed by atoms with Crippen LogP contribution in [0.15, 0.2) is 12.7 Å². The minimum absolute atomic E-state index is 0.182. The topological polar surface area (TPSA) is 32.8 Å². The SMILES string of the molecule is [B]N1[C@H](C(=O)OCC)C[C@@]2(CN(C)CC=C)C[C@@H]12. The molecule has 3 atom stereocenters. The summed E-state index contributed by atoms with van der Waals surface area (Å²) in [7, 11) is 8.10. The molecule has 1 saturated heterocycles. The van der Waals surface area contributed by atoms with Crippen molar-refractivity contribution in [2.45, 2.75) is 31.8 Å².